The Hall–Kier alpha value is -4.11. The van der Waals surface area contributed by atoms with Gasteiger partial charge < -0.3 is 5.32 Å². The number of nitrogens with zero attached hydrogens (tertiary/aromatic N) is 1. The lowest BCUT2D eigenvalue weighted by molar-refractivity contribution is -0.137. The predicted octanol–water partition coefficient (Wildman–Crippen LogP) is 7.36. The van der Waals surface area contributed by atoms with Crippen molar-refractivity contribution in [3.05, 3.63) is 108 Å². The maximum Gasteiger partial charge on any atom is 0.416 e. The molecule has 0 atom stereocenters. The molecule has 1 aliphatic carbocycles. The zero-order valence-electron chi connectivity index (χ0n) is 20.8. The third kappa shape index (κ3) is 5.40. The number of alkyl halides is 3. The van der Waals surface area contributed by atoms with Crippen LogP contribution in [0.2, 0.25) is 0 Å². The van der Waals surface area contributed by atoms with E-state index < -0.39 is 21.8 Å². The fraction of sp³-hybridized carbons (Fsp3) is 0.167. The fourth-order valence-corrected chi connectivity index (χ4v) is 5.78. The number of hydrogen-bond acceptors (Lipinski definition) is 3. The van der Waals surface area contributed by atoms with Crippen molar-refractivity contribution in [1.29, 1.82) is 0 Å². The molecule has 1 aromatic heterocycles. The van der Waals surface area contributed by atoms with Crippen molar-refractivity contribution >= 4 is 44.2 Å². The summed E-state index contributed by atoms with van der Waals surface area (Å²) in [7, 11) is -3.94. The standard InChI is InChI=1S/C30H25F3N2O3S/c1-20(10-11-21-12-15-24(16-13-21)30(31,32)33)23-14-17-28-26(18-23)27(34-29(36)22-6-5-7-22)19-35(28)39(37,38)25-8-3-2-4-9-25/h2-4,8-19,22H,1,5-7H2,(H,34,36)/b11-10+. The smallest absolute Gasteiger partial charge is 0.324 e. The highest BCUT2D eigenvalue weighted by Gasteiger charge is 2.30. The summed E-state index contributed by atoms with van der Waals surface area (Å²) >= 11 is 0. The van der Waals surface area contributed by atoms with Crippen molar-refractivity contribution < 1.29 is 26.4 Å². The first-order valence-electron chi connectivity index (χ1n) is 12.4. The summed E-state index contributed by atoms with van der Waals surface area (Å²) in [4.78, 5) is 12.9. The molecule has 9 heteroatoms. The van der Waals surface area contributed by atoms with Crippen LogP contribution < -0.4 is 5.32 Å². The van der Waals surface area contributed by atoms with Gasteiger partial charge >= 0.3 is 6.18 Å². The number of aromatic nitrogens is 1. The third-order valence-electron chi connectivity index (χ3n) is 6.89. The van der Waals surface area contributed by atoms with E-state index >= 15 is 0 Å². The monoisotopic (exact) mass is 550 g/mol. The van der Waals surface area contributed by atoms with Crippen LogP contribution >= 0.6 is 0 Å². The summed E-state index contributed by atoms with van der Waals surface area (Å²) in [5.41, 5.74) is 1.84. The Kier molecular flexibility index (Phi) is 6.94. The van der Waals surface area contributed by atoms with Crippen molar-refractivity contribution in [3.63, 3.8) is 0 Å². The largest absolute Gasteiger partial charge is 0.416 e. The van der Waals surface area contributed by atoms with Crippen molar-refractivity contribution in [3.8, 4) is 0 Å². The number of fused-ring (bicyclic) bond motifs is 1. The van der Waals surface area contributed by atoms with Crippen LogP contribution in [0.3, 0.4) is 0 Å². The zero-order valence-corrected chi connectivity index (χ0v) is 21.6. The summed E-state index contributed by atoms with van der Waals surface area (Å²) in [5.74, 6) is -0.247. The van der Waals surface area contributed by atoms with Gasteiger partial charge in [-0.25, -0.2) is 12.4 Å². The molecule has 1 saturated carbocycles. The van der Waals surface area contributed by atoms with Crippen LogP contribution in [0.25, 0.3) is 22.6 Å². The Morgan fingerprint density at radius 1 is 1.00 bits per heavy atom. The number of benzene rings is 3. The Bertz CT molecular complexity index is 1680. The van der Waals surface area contributed by atoms with Gasteiger partial charge in [0.2, 0.25) is 5.91 Å². The van der Waals surface area contributed by atoms with E-state index in [1.165, 1.54) is 34.4 Å². The SMILES string of the molecule is C=C(/C=C/c1ccc(C(F)(F)F)cc1)c1ccc2c(c1)c(NC(=O)C1CCC1)cn2S(=O)(=O)c1ccccc1. The van der Waals surface area contributed by atoms with Crippen LogP contribution in [0.1, 0.15) is 36.0 Å². The Morgan fingerprint density at radius 2 is 1.69 bits per heavy atom. The van der Waals surface area contributed by atoms with Gasteiger partial charge in [0.25, 0.3) is 10.0 Å². The summed E-state index contributed by atoms with van der Waals surface area (Å²) in [6.07, 6.45) is 2.92. The van der Waals surface area contributed by atoms with Crippen LogP contribution in [0, 0.1) is 5.92 Å². The highest BCUT2D eigenvalue weighted by atomic mass is 32.2. The van der Waals surface area contributed by atoms with E-state index in [9.17, 15) is 26.4 Å². The minimum Gasteiger partial charge on any atom is -0.324 e. The molecule has 1 fully saturated rings. The molecule has 4 aromatic rings. The van der Waals surface area contributed by atoms with Crippen LogP contribution in [0.15, 0.2) is 96.5 Å². The molecule has 0 bridgehead atoms. The molecule has 1 N–H and O–H groups in total. The van der Waals surface area contributed by atoms with E-state index in [0.717, 1.165) is 31.4 Å². The van der Waals surface area contributed by atoms with Crippen LogP contribution in [0.4, 0.5) is 18.9 Å². The van der Waals surface area contributed by atoms with Gasteiger partial charge in [-0.15, -0.1) is 0 Å². The third-order valence-corrected chi connectivity index (χ3v) is 8.58. The van der Waals surface area contributed by atoms with E-state index in [-0.39, 0.29) is 16.7 Å². The molecule has 0 unspecified atom stereocenters. The molecule has 5 rings (SSSR count). The van der Waals surface area contributed by atoms with E-state index in [1.54, 1.807) is 48.6 Å². The Balaban J connectivity index is 1.50. The number of carbonyl (C=O) groups excluding carboxylic acids is 1. The highest BCUT2D eigenvalue weighted by molar-refractivity contribution is 7.90. The number of carbonyl (C=O) groups is 1. The minimum atomic E-state index is -4.41. The lowest BCUT2D eigenvalue weighted by atomic mass is 9.85. The summed E-state index contributed by atoms with van der Waals surface area (Å²) in [5, 5.41) is 3.44. The van der Waals surface area contributed by atoms with Gasteiger partial charge in [0, 0.05) is 17.5 Å². The van der Waals surface area contributed by atoms with Gasteiger partial charge in [0.1, 0.15) is 0 Å². The molecule has 1 heterocycles. The van der Waals surface area contributed by atoms with E-state index in [4.69, 9.17) is 0 Å². The normalized spacial score (nSPS) is 14.4. The zero-order chi connectivity index (χ0) is 27.8. The summed E-state index contributed by atoms with van der Waals surface area (Å²) in [6, 6.07) is 17.9. The lowest BCUT2D eigenvalue weighted by Gasteiger charge is -2.23. The Morgan fingerprint density at radius 3 is 2.31 bits per heavy atom. The number of halogens is 3. The molecule has 0 aliphatic heterocycles. The molecular formula is C30H25F3N2O3S. The number of allylic oxidation sites excluding steroid dienone is 2. The maximum absolute atomic E-state index is 13.5. The highest BCUT2D eigenvalue weighted by Crippen LogP contribution is 2.34. The van der Waals surface area contributed by atoms with Crippen molar-refractivity contribution in [1.82, 2.24) is 3.97 Å². The number of amides is 1. The van der Waals surface area contributed by atoms with Gasteiger partial charge in [-0.2, -0.15) is 13.2 Å². The van der Waals surface area contributed by atoms with Gasteiger partial charge in [-0.3, -0.25) is 4.79 Å². The second kappa shape index (κ2) is 10.2. The molecule has 0 saturated heterocycles. The van der Waals surface area contributed by atoms with Crippen LogP contribution in [-0.2, 0) is 21.0 Å². The molecule has 5 nitrogen and oxygen atoms in total. The van der Waals surface area contributed by atoms with Gasteiger partial charge in [0.05, 0.1) is 21.7 Å². The molecule has 3 aromatic carbocycles. The van der Waals surface area contributed by atoms with Crippen LogP contribution in [-0.4, -0.2) is 18.3 Å². The second-order valence-electron chi connectivity index (χ2n) is 9.48. The van der Waals surface area contributed by atoms with Crippen molar-refractivity contribution in [2.75, 3.05) is 5.32 Å². The molecular weight excluding hydrogens is 525 g/mol. The first kappa shape index (κ1) is 26.5. The van der Waals surface area contributed by atoms with Gasteiger partial charge in [0.15, 0.2) is 0 Å². The van der Waals surface area contributed by atoms with Crippen molar-refractivity contribution in [2.45, 2.75) is 30.3 Å². The van der Waals surface area contributed by atoms with Crippen LogP contribution in [0.5, 0.6) is 0 Å². The van der Waals surface area contributed by atoms with E-state index in [1.807, 2.05) is 0 Å². The summed E-state index contributed by atoms with van der Waals surface area (Å²) < 4.78 is 66.6. The van der Waals surface area contributed by atoms with Crippen molar-refractivity contribution in [2.24, 2.45) is 5.92 Å². The number of anilines is 1. The quantitative estimate of drug-likeness (QED) is 0.245. The molecule has 200 valence electrons. The average molecular weight is 551 g/mol. The van der Waals surface area contributed by atoms with Gasteiger partial charge in [-0.05, 0) is 65.9 Å². The molecule has 39 heavy (non-hydrogen) atoms. The predicted molar refractivity (Wildman–Crippen MR) is 146 cm³/mol. The van der Waals surface area contributed by atoms with E-state index in [0.29, 0.717) is 33.3 Å². The molecule has 0 radical (unpaired) electrons. The maximum atomic E-state index is 13.5. The van der Waals surface area contributed by atoms with E-state index in [2.05, 4.69) is 11.9 Å². The topological polar surface area (TPSA) is 68.2 Å². The number of rotatable bonds is 7. The lowest BCUT2D eigenvalue weighted by Crippen LogP contribution is -2.28. The Labute approximate surface area is 224 Å². The summed E-state index contributed by atoms with van der Waals surface area (Å²) in [6.45, 7) is 4.07. The average Bonchev–Trinajstić information content (AvgIpc) is 3.24. The molecule has 1 aliphatic rings. The molecule has 1 amide bonds. The number of hydrogen-bond donors (Lipinski definition) is 1. The molecule has 0 spiro atoms. The first-order valence-corrected chi connectivity index (χ1v) is 13.8. The fourth-order valence-electron chi connectivity index (χ4n) is 4.39. The minimum absolute atomic E-state index is 0.0982. The van der Waals surface area contributed by atoms with Gasteiger partial charge in [-0.1, -0.05) is 61.5 Å². The first-order chi connectivity index (χ1) is 18.5. The number of nitrogens with one attached hydrogen (secondary N) is 1. The second-order valence-corrected chi connectivity index (χ2v) is 11.3.